The van der Waals surface area contributed by atoms with Gasteiger partial charge < -0.3 is 10.0 Å². The SMILES string of the molecule is CCN(CC)c1cccc(O)c1C. The number of phenols is 1. The van der Waals surface area contributed by atoms with Crippen molar-refractivity contribution in [2.75, 3.05) is 18.0 Å². The van der Waals surface area contributed by atoms with E-state index >= 15 is 0 Å². The van der Waals surface area contributed by atoms with Crippen LogP contribution in [0.1, 0.15) is 19.4 Å². The molecule has 0 atom stereocenters. The first-order valence-corrected chi connectivity index (χ1v) is 4.74. The Morgan fingerprint density at radius 3 is 2.38 bits per heavy atom. The molecule has 2 heteroatoms. The van der Waals surface area contributed by atoms with E-state index in [-0.39, 0.29) is 0 Å². The van der Waals surface area contributed by atoms with Crippen LogP contribution in [0, 0.1) is 6.92 Å². The highest BCUT2D eigenvalue weighted by Crippen LogP contribution is 2.26. The minimum atomic E-state index is 0.379. The molecule has 0 amide bonds. The second-order valence-corrected chi connectivity index (χ2v) is 3.09. The molecule has 0 bridgehead atoms. The number of rotatable bonds is 3. The third-order valence-electron chi connectivity index (χ3n) is 2.38. The fraction of sp³-hybridized carbons (Fsp3) is 0.455. The lowest BCUT2D eigenvalue weighted by Crippen LogP contribution is -2.22. The van der Waals surface area contributed by atoms with Gasteiger partial charge in [0, 0.05) is 24.3 Å². The predicted molar refractivity (Wildman–Crippen MR) is 56.4 cm³/mol. The summed E-state index contributed by atoms with van der Waals surface area (Å²) in [5, 5.41) is 9.51. The number of nitrogens with zero attached hydrogens (tertiary/aromatic N) is 1. The lowest BCUT2D eigenvalue weighted by molar-refractivity contribution is 0.471. The van der Waals surface area contributed by atoms with Gasteiger partial charge in [-0.1, -0.05) is 6.07 Å². The molecule has 0 aliphatic carbocycles. The zero-order valence-corrected chi connectivity index (χ0v) is 8.54. The average Bonchev–Trinajstić information content (AvgIpc) is 2.14. The molecule has 2 nitrogen and oxygen atoms in total. The van der Waals surface area contributed by atoms with Crippen molar-refractivity contribution in [3.63, 3.8) is 0 Å². The van der Waals surface area contributed by atoms with Gasteiger partial charge >= 0.3 is 0 Å². The molecule has 1 rings (SSSR count). The van der Waals surface area contributed by atoms with E-state index in [0.717, 1.165) is 24.3 Å². The maximum absolute atomic E-state index is 9.51. The molecule has 0 radical (unpaired) electrons. The molecule has 0 spiro atoms. The minimum absolute atomic E-state index is 0.379. The summed E-state index contributed by atoms with van der Waals surface area (Å²) in [6.45, 7) is 8.13. The third kappa shape index (κ3) is 1.94. The Hall–Kier alpha value is -1.18. The Morgan fingerprint density at radius 1 is 1.23 bits per heavy atom. The van der Waals surface area contributed by atoms with Gasteiger partial charge in [0.15, 0.2) is 0 Å². The summed E-state index contributed by atoms with van der Waals surface area (Å²) < 4.78 is 0. The quantitative estimate of drug-likeness (QED) is 0.770. The van der Waals surface area contributed by atoms with Crippen molar-refractivity contribution in [2.45, 2.75) is 20.8 Å². The largest absolute Gasteiger partial charge is 0.508 e. The van der Waals surface area contributed by atoms with Gasteiger partial charge in [0.2, 0.25) is 0 Å². The Morgan fingerprint density at radius 2 is 1.85 bits per heavy atom. The predicted octanol–water partition coefficient (Wildman–Crippen LogP) is 2.55. The van der Waals surface area contributed by atoms with Crippen molar-refractivity contribution in [3.05, 3.63) is 23.8 Å². The zero-order valence-electron chi connectivity index (χ0n) is 8.54. The van der Waals surface area contributed by atoms with Gasteiger partial charge in [-0.2, -0.15) is 0 Å². The molecule has 13 heavy (non-hydrogen) atoms. The molecule has 0 aliphatic heterocycles. The van der Waals surface area contributed by atoms with E-state index in [0.29, 0.717) is 5.75 Å². The summed E-state index contributed by atoms with van der Waals surface area (Å²) in [5.41, 5.74) is 2.09. The number of anilines is 1. The van der Waals surface area contributed by atoms with Crippen molar-refractivity contribution in [1.82, 2.24) is 0 Å². The van der Waals surface area contributed by atoms with E-state index in [1.807, 2.05) is 19.1 Å². The monoisotopic (exact) mass is 179 g/mol. The van der Waals surface area contributed by atoms with Crippen molar-refractivity contribution >= 4 is 5.69 Å². The van der Waals surface area contributed by atoms with Gasteiger partial charge in [-0.25, -0.2) is 0 Å². The van der Waals surface area contributed by atoms with Crippen LogP contribution >= 0.6 is 0 Å². The van der Waals surface area contributed by atoms with Crippen LogP contribution in [-0.4, -0.2) is 18.2 Å². The lowest BCUT2D eigenvalue weighted by Gasteiger charge is -2.23. The maximum Gasteiger partial charge on any atom is 0.120 e. The summed E-state index contributed by atoms with van der Waals surface area (Å²) in [5.74, 6) is 0.379. The summed E-state index contributed by atoms with van der Waals surface area (Å²) in [6, 6.07) is 5.65. The molecular weight excluding hydrogens is 162 g/mol. The van der Waals surface area contributed by atoms with Crippen LogP contribution in [0.15, 0.2) is 18.2 Å². The van der Waals surface area contributed by atoms with Gasteiger partial charge in [-0.15, -0.1) is 0 Å². The van der Waals surface area contributed by atoms with Crippen LogP contribution < -0.4 is 4.90 Å². The maximum atomic E-state index is 9.51. The Bertz CT molecular complexity index is 279. The highest BCUT2D eigenvalue weighted by atomic mass is 16.3. The molecule has 0 fully saturated rings. The van der Waals surface area contributed by atoms with Crippen molar-refractivity contribution in [1.29, 1.82) is 0 Å². The van der Waals surface area contributed by atoms with E-state index in [2.05, 4.69) is 18.7 Å². The van der Waals surface area contributed by atoms with Crippen molar-refractivity contribution in [2.24, 2.45) is 0 Å². The first-order valence-electron chi connectivity index (χ1n) is 4.74. The summed E-state index contributed by atoms with van der Waals surface area (Å²) >= 11 is 0. The smallest absolute Gasteiger partial charge is 0.120 e. The van der Waals surface area contributed by atoms with Crippen LogP contribution in [0.2, 0.25) is 0 Å². The molecule has 0 aliphatic rings. The number of aromatic hydroxyl groups is 1. The van der Waals surface area contributed by atoms with Gasteiger partial charge in [0.05, 0.1) is 0 Å². The Balaban J connectivity index is 3.05. The minimum Gasteiger partial charge on any atom is -0.508 e. The highest BCUT2D eigenvalue weighted by molar-refractivity contribution is 5.58. The first kappa shape index (κ1) is 9.90. The third-order valence-corrected chi connectivity index (χ3v) is 2.38. The molecule has 0 aromatic heterocycles. The normalized spacial score (nSPS) is 10.1. The van der Waals surface area contributed by atoms with Gasteiger partial charge in [0.25, 0.3) is 0 Å². The van der Waals surface area contributed by atoms with Crippen LogP contribution in [0.3, 0.4) is 0 Å². The molecule has 1 N–H and O–H groups in total. The number of hydrogen-bond acceptors (Lipinski definition) is 2. The van der Waals surface area contributed by atoms with E-state index in [1.54, 1.807) is 6.07 Å². The molecule has 1 aromatic rings. The zero-order chi connectivity index (χ0) is 9.84. The summed E-state index contributed by atoms with van der Waals surface area (Å²) in [4.78, 5) is 2.23. The Labute approximate surface area is 79.8 Å². The highest BCUT2D eigenvalue weighted by Gasteiger charge is 2.07. The van der Waals surface area contributed by atoms with Gasteiger partial charge in [-0.3, -0.25) is 0 Å². The number of phenolic OH excluding ortho intramolecular Hbond substituents is 1. The number of hydrogen-bond donors (Lipinski definition) is 1. The summed E-state index contributed by atoms with van der Waals surface area (Å²) in [6.07, 6.45) is 0. The second kappa shape index (κ2) is 4.17. The van der Waals surface area contributed by atoms with Crippen molar-refractivity contribution < 1.29 is 5.11 Å². The Kier molecular flexibility index (Phi) is 3.18. The van der Waals surface area contributed by atoms with Gasteiger partial charge in [0.1, 0.15) is 5.75 Å². The first-order chi connectivity index (χ1) is 6.20. The van der Waals surface area contributed by atoms with Crippen LogP contribution in [-0.2, 0) is 0 Å². The molecule has 0 saturated heterocycles. The molecule has 72 valence electrons. The summed E-state index contributed by atoms with van der Waals surface area (Å²) in [7, 11) is 0. The second-order valence-electron chi connectivity index (χ2n) is 3.09. The van der Waals surface area contributed by atoms with Crippen molar-refractivity contribution in [3.8, 4) is 5.75 Å². The van der Waals surface area contributed by atoms with E-state index < -0.39 is 0 Å². The van der Waals surface area contributed by atoms with E-state index in [4.69, 9.17) is 0 Å². The fourth-order valence-electron chi connectivity index (χ4n) is 1.52. The molecule has 0 saturated carbocycles. The average molecular weight is 179 g/mol. The fourth-order valence-corrected chi connectivity index (χ4v) is 1.52. The molecule has 1 aromatic carbocycles. The lowest BCUT2D eigenvalue weighted by atomic mass is 10.1. The van der Waals surface area contributed by atoms with Crippen LogP contribution in [0.4, 0.5) is 5.69 Å². The van der Waals surface area contributed by atoms with Crippen LogP contribution in [0.5, 0.6) is 5.75 Å². The number of benzene rings is 1. The molecule has 0 unspecified atom stereocenters. The molecular formula is C11H17NO. The topological polar surface area (TPSA) is 23.5 Å². The standard InChI is InChI=1S/C11H17NO/c1-4-12(5-2)10-7-6-8-11(13)9(10)3/h6-8,13H,4-5H2,1-3H3. The van der Waals surface area contributed by atoms with Gasteiger partial charge in [-0.05, 0) is 32.9 Å². The van der Waals surface area contributed by atoms with E-state index in [1.165, 1.54) is 0 Å². The molecule has 0 heterocycles. The van der Waals surface area contributed by atoms with E-state index in [9.17, 15) is 5.11 Å². The van der Waals surface area contributed by atoms with Crippen LogP contribution in [0.25, 0.3) is 0 Å².